The maximum absolute atomic E-state index is 13.0. The molecule has 0 fully saturated rings. The van der Waals surface area contributed by atoms with Crippen LogP contribution in [0.4, 0.5) is 13.2 Å². The lowest BCUT2D eigenvalue weighted by atomic mass is 10.0. The van der Waals surface area contributed by atoms with Gasteiger partial charge in [-0.15, -0.1) is 0 Å². The fourth-order valence-corrected chi connectivity index (χ4v) is 1.52. The van der Waals surface area contributed by atoms with Crippen molar-refractivity contribution in [2.24, 2.45) is 0 Å². The van der Waals surface area contributed by atoms with Crippen LogP contribution in [0.1, 0.15) is 24.1 Å². The molecule has 1 atom stereocenters. The summed E-state index contributed by atoms with van der Waals surface area (Å²) < 4.78 is 38.3. The molecule has 15 heavy (non-hydrogen) atoms. The highest BCUT2D eigenvalue weighted by atomic mass is 19.3. The fraction of sp³-hybridized carbons (Fsp3) is 0.455. The van der Waals surface area contributed by atoms with Crippen LogP contribution in [0.5, 0.6) is 0 Å². The maximum atomic E-state index is 13.0. The smallest absolute Gasteiger partial charge is 0.257 e. The second kappa shape index (κ2) is 5.16. The summed E-state index contributed by atoms with van der Waals surface area (Å²) in [5.41, 5.74) is 0.943. The van der Waals surface area contributed by atoms with Crippen molar-refractivity contribution < 1.29 is 13.2 Å². The number of halogens is 3. The molecule has 1 rings (SSSR count). The van der Waals surface area contributed by atoms with Crippen molar-refractivity contribution in [1.29, 1.82) is 0 Å². The summed E-state index contributed by atoms with van der Waals surface area (Å²) in [6.45, 7) is 3.84. The van der Waals surface area contributed by atoms with Crippen LogP contribution in [0.15, 0.2) is 18.2 Å². The van der Waals surface area contributed by atoms with Gasteiger partial charge in [0.05, 0.1) is 6.04 Å². The molecule has 0 saturated heterocycles. The third-order valence-electron chi connectivity index (χ3n) is 2.10. The zero-order valence-electron chi connectivity index (χ0n) is 8.73. The molecule has 1 N–H and O–H groups in total. The van der Waals surface area contributed by atoms with E-state index in [0.717, 1.165) is 6.07 Å². The van der Waals surface area contributed by atoms with Crippen molar-refractivity contribution in [2.45, 2.75) is 26.3 Å². The van der Waals surface area contributed by atoms with Gasteiger partial charge in [-0.3, -0.25) is 0 Å². The van der Waals surface area contributed by atoms with Gasteiger partial charge in [0.25, 0.3) is 6.43 Å². The van der Waals surface area contributed by atoms with Crippen molar-refractivity contribution in [3.63, 3.8) is 0 Å². The van der Waals surface area contributed by atoms with E-state index in [-0.39, 0.29) is 0 Å². The predicted octanol–water partition coefficient (Wildman–Crippen LogP) is 3.05. The van der Waals surface area contributed by atoms with Gasteiger partial charge in [-0.1, -0.05) is 13.0 Å². The predicted molar refractivity (Wildman–Crippen MR) is 53.6 cm³/mol. The Kier molecular flexibility index (Phi) is 4.15. The molecule has 0 aromatic heterocycles. The molecule has 0 saturated carbocycles. The number of hydrogen-bond acceptors (Lipinski definition) is 1. The van der Waals surface area contributed by atoms with Crippen molar-refractivity contribution in [1.82, 2.24) is 5.32 Å². The summed E-state index contributed by atoms with van der Waals surface area (Å²) in [6.07, 6.45) is -2.54. The normalized spacial score (nSPS) is 13.2. The minimum absolute atomic E-state index is 0.296. The van der Waals surface area contributed by atoms with E-state index in [2.05, 4.69) is 5.32 Å². The summed E-state index contributed by atoms with van der Waals surface area (Å²) in [7, 11) is 0. The lowest BCUT2D eigenvalue weighted by Crippen LogP contribution is -2.27. The number of nitrogens with one attached hydrogen (secondary N) is 1. The van der Waals surface area contributed by atoms with Crippen LogP contribution < -0.4 is 5.32 Å². The van der Waals surface area contributed by atoms with Crippen LogP contribution in [0, 0.1) is 12.7 Å². The van der Waals surface area contributed by atoms with E-state index in [4.69, 9.17) is 0 Å². The molecule has 0 heterocycles. The fourth-order valence-electron chi connectivity index (χ4n) is 1.52. The van der Waals surface area contributed by atoms with Gasteiger partial charge in [-0.2, -0.15) is 0 Å². The first-order chi connectivity index (χ1) is 7.04. The van der Waals surface area contributed by atoms with Gasteiger partial charge in [-0.25, -0.2) is 13.2 Å². The molecule has 0 aliphatic carbocycles. The maximum Gasteiger partial charge on any atom is 0.257 e. The molecule has 0 aliphatic rings. The van der Waals surface area contributed by atoms with E-state index in [1.807, 2.05) is 0 Å². The second-order valence-corrected chi connectivity index (χ2v) is 3.43. The Morgan fingerprint density at radius 2 is 1.93 bits per heavy atom. The number of benzene rings is 1. The van der Waals surface area contributed by atoms with Crippen molar-refractivity contribution in [2.75, 3.05) is 6.54 Å². The quantitative estimate of drug-likeness (QED) is 0.817. The molecule has 1 aromatic rings. The molecule has 84 valence electrons. The van der Waals surface area contributed by atoms with Crippen LogP contribution in [-0.4, -0.2) is 13.0 Å². The monoisotopic (exact) mass is 217 g/mol. The van der Waals surface area contributed by atoms with Crippen LogP contribution >= 0.6 is 0 Å². The SMILES string of the molecule is CCNC(c1cc(C)cc(F)c1)C(F)F. The third-order valence-corrected chi connectivity index (χ3v) is 2.10. The topological polar surface area (TPSA) is 12.0 Å². The standard InChI is InChI=1S/C11H14F3N/c1-3-15-10(11(13)14)8-4-7(2)5-9(12)6-8/h4-6,10-11,15H,3H2,1-2H3. The lowest BCUT2D eigenvalue weighted by molar-refractivity contribution is 0.0991. The third kappa shape index (κ3) is 3.23. The van der Waals surface area contributed by atoms with Gasteiger partial charge in [-0.05, 0) is 36.7 Å². The minimum atomic E-state index is -2.54. The van der Waals surface area contributed by atoms with E-state index in [1.165, 1.54) is 6.07 Å². The van der Waals surface area contributed by atoms with Gasteiger partial charge in [0.15, 0.2) is 0 Å². The van der Waals surface area contributed by atoms with Crippen molar-refractivity contribution in [3.05, 3.63) is 35.1 Å². The molecule has 1 aromatic carbocycles. The summed E-state index contributed by atoms with van der Waals surface area (Å²) in [4.78, 5) is 0. The minimum Gasteiger partial charge on any atom is -0.306 e. The van der Waals surface area contributed by atoms with E-state index >= 15 is 0 Å². The molecule has 0 amide bonds. The molecule has 1 unspecified atom stereocenters. The van der Waals surface area contributed by atoms with E-state index < -0.39 is 18.3 Å². The Balaban J connectivity index is 2.99. The second-order valence-electron chi connectivity index (χ2n) is 3.43. The van der Waals surface area contributed by atoms with Crippen LogP contribution in [0.25, 0.3) is 0 Å². The van der Waals surface area contributed by atoms with Crippen LogP contribution in [-0.2, 0) is 0 Å². The average Bonchev–Trinajstić information content (AvgIpc) is 2.11. The molecule has 4 heteroatoms. The lowest BCUT2D eigenvalue weighted by Gasteiger charge is -2.17. The highest BCUT2D eigenvalue weighted by molar-refractivity contribution is 5.26. The van der Waals surface area contributed by atoms with E-state index in [0.29, 0.717) is 17.7 Å². The number of hydrogen-bond donors (Lipinski definition) is 1. The summed E-state index contributed by atoms with van der Waals surface area (Å²) >= 11 is 0. The van der Waals surface area contributed by atoms with E-state index in [1.54, 1.807) is 19.9 Å². The number of rotatable bonds is 4. The van der Waals surface area contributed by atoms with Crippen LogP contribution in [0.2, 0.25) is 0 Å². The molecule has 0 radical (unpaired) electrons. The molecule has 0 aliphatic heterocycles. The Labute approximate surface area is 87.3 Å². The zero-order chi connectivity index (χ0) is 11.4. The van der Waals surface area contributed by atoms with E-state index in [9.17, 15) is 13.2 Å². The van der Waals surface area contributed by atoms with Crippen molar-refractivity contribution in [3.8, 4) is 0 Å². The summed E-state index contributed by atoms with van der Waals surface area (Å²) in [5.74, 6) is -0.478. The first-order valence-corrected chi connectivity index (χ1v) is 4.83. The summed E-state index contributed by atoms with van der Waals surface area (Å²) in [6, 6.07) is 2.94. The Morgan fingerprint density at radius 3 is 2.40 bits per heavy atom. The Bertz CT molecular complexity index is 305. The number of alkyl halides is 2. The average molecular weight is 217 g/mol. The molecular formula is C11H14F3N. The Morgan fingerprint density at radius 1 is 1.27 bits per heavy atom. The molecule has 0 bridgehead atoms. The highest BCUT2D eigenvalue weighted by Crippen LogP contribution is 2.22. The van der Waals surface area contributed by atoms with Crippen LogP contribution in [0.3, 0.4) is 0 Å². The largest absolute Gasteiger partial charge is 0.306 e. The zero-order valence-corrected chi connectivity index (χ0v) is 8.73. The first kappa shape index (κ1) is 12.0. The highest BCUT2D eigenvalue weighted by Gasteiger charge is 2.21. The first-order valence-electron chi connectivity index (χ1n) is 4.83. The molecular weight excluding hydrogens is 203 g/mol. The van der Waals surface area contributed by atoms with Gasteiger partial charge in [0, 0.05) is 0 Å². The summed E-state index contributed by atoms with van der Waals surface area (Å²) in [5, 5.41) is 2.64. The van der Waals surface area contributed by atoms with Crippen molar-refractivity contribution >= 4 is 0 Å². The number of aryl methyl sites for hydroxylation is 1. The molecule has 1 nitrogen and oxygen atoms in total. The Hall–Kier alpha value is -1.03. The van der Waals surface area contributed by atoms with Gasteiger partial charge >= 0.3 is 0 Å². The van der Waals surface area contributed by atoms with Gasteiger partial charge in [0.1, 0.15) is 5.82 Å². The van der Waals surface area contributed by atoms with Gasteiger partial charge in [0.2, 0.25) is 0 Å². The molecule has 0 spiro atoms. The van der Waals surface area contributed by atoms with Gasteiger partial charge < -0.3 is 5.32 Å².